The van der Waals surface area contributed by atoms with Gasteiger partial charge in [0.2, 0.25) is 5.91 Å². The van der Waals surface area contributed by atoms with Crippen LogP contribution in [0.15, 0.2) is 0 Å². The number of rotatable bonds is 2. The Balaban J connectivity index is 1.73. The van der Waals surface area contributed by atoms with Crippen LogP contribution in [-0.2, 0) is 4.79 Å². The van der Waals surface area contributed by atoms with Crippen molar-refractivity contribution in [2.24, 2.45) is 5.73 Å². The molecule has 0 aromatic heterocycles. The number of hydrogen-bond donors (Lipinski definition) is 3. The van der Waals surface area contributed by atoms with E-state index in [1.807, 2.05) is 0 Å². The fourth-order valence-corrected chi connectivity index (χ4v) is 2.64. The van der Waals surface area contributed by atoms with E-state index in [-0.39, 0.29) is 11.9 Å². The number of nitrogens with one attached hydrogen (secondary N) is 2. The zero-order chi connectivity index (χ0) is 11.4. The maximum atomic E-state index is 11.9. The third-order valence-electron chi connectivity index (χ3n) is 3.75. The monoisotopic (exact) mass is 225 g/mol. The number of piperidine rings is 1. The number of nitrogens with two attached hydrogens (primary N) is 1. The van der Waals surface area contributed by atoms with Gasteiger partial charge in [-0.3, -0.25) is 4.79 Å². The van der Waals surface area contributed by atoms with Gasteiger partial charge in [0, 0.05) is 12.1 Å². The van der Waals surface area contributed by atoms with E-state index < -0.39 is 0 Å². The highest BCUT2D eigenvalue weighted by Gasteiger charge is 2.25. The van der Waals surface area contributed by atoms with E-state index in [0.29, 0.717) is 12.1 Å². The molecule has 92 valence electrons. The molecule has 0 radical (unpaired) electrons. The second-order valence-corrected chi connectivity index (χ2v) is 5.12. The Morgan fingerprint density at radius 1 is 1.12 bits per heavy atom. The van der Waals surface area contributed by atoms with Gasteiger partial charge in [0.15, 0.2) is 0 Å². The summed E-state index contributed by atoms with van der Waals surface area (Å²) in [7, 11) is 0. The predicted molar refractivity (Wildman–Crippen MR) is 64.0 cm³/mol. The predicted octanol–water partition coefficient (Wildman–Crippen LogP) is 0.515. The minimum absolute atomic E-state index is 0.0457. The normalized spacial score (nSPS) is 35.7. The third kappa shape index (κ3) is 3.19. The van der Waals surface area contributed by atoms with Crippen LogP contribution < -0.4 is 16.4 Å². The van der Waals surface area contributed by atoms with Gasteiger partial charge < -0.3 is 16.4 Å². The molecule has 16 heavy (non-hydrogen) atoms. The van der Waals surface area contributed by atoms with Gasteiger partial charge in [-0.1, -0.05) is 6.42 Å². The Hall–Kier alpha value is -0.610. The average molecular weight is 225 g/mol. The standard InChI is InChI=1S/C12H23N3O/c13-9-4-6-10(7-5-9)15-12(16)11-3-1-2-8-14-11/h9-11,14H,1-8,13H2,(H,15,16)/t9?,10?,11-/m0/s1. The van der Waals surface area contributed by atoms with Gasteiger partial charge in [-0.2, -0.15) is 0 Å². The largest absolute Gasteiger partial charge is 0.352 e. The van der Waals surface area contributed by atoms with E-state index in [4.69, 9.17) is 5.73 Å². The SMILES string of the molecule is NC1CCC(NC(=O)[C@@H]2CCCCN2)CC1. The van der Waals surface area contributed by atoms with E-state index in [9.17, 15) is 4.79 Å². The molecule has 1 aliphatic heterocycles. The number of carbonyl (C=O) groups is 1. The average Bonchev–Trinajstić information content (AvgIpc) is 2.33. The summed E-state index contributed by atoms with van der Waals surface area (Å²) in [6.07, 6.45) is 7.52. The molecule has 4 N–H and O–H groups in total. The lowest BCUT2D eigenvalue weighted by Crippen LogP contribution is -2.50. The topological polar surface area (TPSA) is 67.1 Å². The van der Waals surface area contributed by atoms with E-state index in [2.05, 4.69) is 10.6 Å². The number of carbonyl (C=O) groups excluding carboxylic acids is 1. The first-order valence-electron chi connectivity index (χ1n) is 6.55. The molecular formula is C12H23N3O. The van der Waals surface area contributed by atoms with E-state index in [1.165, 1.54) is 12.8 Å². The van der Waals surface area contributed by atoms with Gasteiger partial charge in [0.25, 0.3) is 0 Å². The van der Waals surface area contributed by atoms with Crippen molar-refractivity contribution in [3.63, 3.8) is 0 Å². The summed E-state index contributed by atoms with van der Waals surface area (Å²) in [5.74, 6) is 0.195. The van der Waals surface area contributed by atoms with Crippen LogP contribution in [-0.4, -0.2) is 30.6 Å². The molecule has 1 saturated carbocycles. The smallest absolute Gasteiger partial charge is 0.237 e. The molecular weight excluding hydrogens is 202 g/mol. The van der Waals surface area contributed by atoms with Crippen LogP contribution in [0.25, 0.3) is 0 Å². The highest BCUT2D eigenvalue weighted by Crippen LogP contribution is 2.17. The van der Waals surface area contributed by atoms with Crippen LogP contribution in [0.3, 0.4) is 0 Å². The minimum atomic E-state index is 0.0457. The molecule has 1 heterocycles. The summed E-state index contributed by atoms with van der Waals surface area (Å²) in [5.41, 5.74) is 5.85. The maximum Gasteiger partial charge on any atom is 0.237 e. The maximum absolute atomic E-state index is 11.9. The van der Waals surface area contributed by atoms with Gasteiger partial charge in [0.05, 0.1) is 6.04 Å². The molecule has 0 bridgehead atoms. The fraction of sp³-hybridized carbons (Fsp3) is 0.917. The Morgan fingerprint density at radius 3 is 2.50 bits per heavy atom. The summed E-state index contributed by atoms with van der Waals surface area (Å²) in [6, 6.07) is 0.751. The van der Waals surface area contributed by atoms with Crippen LogP contribution in [0.2, 0.25) is 0 Å². The van der Waals surface area contributed by atoms with Crippen molar-refractivity contribution in [2.75, 3.05) is 6.54 Å². The molecule has 4 nitrogen and oxygen atoms in total. The molecule has 0 aromatic rings. The molecule has 1 atom stereocenters. The summed E-state index contributed by atoms with van der Waals surface area (Å²) in [6.45, 7) is 0.980. The lowest BCUT2D eigenvalue weighted by Gasteiger charge is -2.29. The summed E-state index contributed by atoms with van der Waals surface area (Å²) < 4.78 is 0. The molecule has 1 aliphatic carbocycles. The van der Waals surface area contributed by atoms with Gasteiger partial charge in [-0.05, 0) is 45.1 Å². The number of amides is 1. The second-order valence-electron chi connectivity index (χ2n) is 5.12. The zero-order valence-electron chi connectivity index (χ0n) is 9.87. The van der Waals surface area contributed by atoms with Crippen LogP contribution in [0.5, 0.6) is 0 Å². The van der Waals surface area contributed by atoms with Crippen molar-refractivity contribution in [3.05, 3.63) is 0 Å². The number of hydrogen-bond acceptors (Lipinski definition) is 3. The van der Waals surface area contributed by atoms with E-state index in [1.54, 1.807) is 0 Å². The Labute approximate surface area is 97.3 Å². The van der Waals surface area contributed by atoms with Crippen LogP contribution in [0.1, 0.15) is 44.9 Å². The van der Waals surface area contributed by atoms with Crippen LogP contribution in [0, 0.1) is 0 Å². The second kappa shape index (κ2) is 5.64. The first kappa shape index (κ1) is 11.9. The molecule has 2 aliphatic rings. The molecule has 0 spiro atoms. The first-order chi connectivity index (χ1) is 7.75. The van der Waals surface area contributed by atoms with Crippen LogP contribution in [0.4, 0.5) is 0 Å². The summed E-state index contributed by atoms with van der Waals surface area (Å²) >= 11 is 0. The summed E-state index contributed by atoms with van der Waals surface area (Å²) in [4.78, 5) is 11.9. The van der Waals surface area contributed by atoms with Crippen molar-refractivity contribution in [2.45, 2.75) is 63.1 Å². The Morgan fingerprint density at radius 2 is 1.88 bits per heavy atom. The van der Waals surface area contributed by atoms with E-state index >= 15 is 0 Å². The lowest BCUT2D eigenvalue weighted by molar-refractivity contribution is -0.124. The van der Waals surface area contributed by atoms with Gasteiger partial charge in [-0.25, -0.2) is 0 Å². The third-order valence-corrected chi connectivity index (χ3v) is 3.75. The van der Waals surface area contributed by atoms with Crippen molar-refractivity contribution >= 4 is 5.91 Å². The van der Waals surface area contributed by atoms with Crippen molar-refractivity contribution < 1.29 is 4.79 Å². The zero-order valence-corrected chi connectivity index (χ0v) is 9.87. The van der Waals surface area contributed by atoms with Crippen molar-refractivity contribution in [3.8, 4) is 0 Å². The fourth-order valence-electron chi connectivity index (χ4n) is 2.64. The van der Waals surface area contributed by atoms with Crippen molar-refractivity contribution in [1.29, 1.82) is 0 Å². The summed E-state index contributed by atoms with van der Waals surface area (Å²) in [5, 5.41) is 6.43. The van der Waals surface area contributed by atoms with E-state index in [0.717, 1.165) is 38.6 Å². The minimum Gasteiger partial charge on any atom is -0.352 e. The lowest BCUT2D eigenvalue weighted by atomic mass is 9.91. The highest BCUT2D eigenvalue weighted by atomic mass is 16.2. The molecule has 4 heteroatoms. The van der Waals surface area contributed by atoms with Gasteiger partial charge >= 0.3 is 0 Å². The highest BCUT2D eigenvalue weighted by molar-refractivity contribution is 5.82. The molecule has 2 rings (SSSR count). The molecule has 1 amide bonds. The Kier molecular flexibility index (Phi) is 4.18. The molecule has 2 fully saturated rings. The Bertz CT molecular complexity index is 230. The van der Waals surface area contributed by atoms with Crippen LogP contribution >= 0.6 is 0 Å². The van der Waals surface area contributed by atoms with Gasteiger partial charge in [0.1, 0.15) is 0 Å². The molecule has 0 aromatic carbocycles. The van der Waals surface area contributed by atoms with Crippen molar-refractivity contribution in [1.82, 2.24) is 10.6 Å². The quantitative estimate of drug-likeness (QED) is 0.641. The first-order valence-corrected chi connectivity index (χ1v) is 6.55. The molecule has 0 unspecified atom stereocenters. The molecule has 1 saturated heterocycles. The van der Waals surface area contributed by atoms with Gasteiger partial charge in [-0.15, -0.1) is 0 Å².